The summed E-state index contributed by atoms with van der Waals surface area (Å²) in [6.07, 6.45) is 3.94. The van der Waals surface area contributed by atoms with Crippen LogP contribution in [0.4, 0.5) is 0 Å². The van der Waals surface area contributed by atoms with Gasteiger partial charge >= 0.3 is 0 Å². The fraction of sp³-hybridized carbons (Fsp3) is 0.500. The Balaban J connectivity index is 2.22. The van der Waals surface area contributed by atoms with Crippen LogP contribution in [0.3, 0.4) is 0 Å². The van der Waals surface area contributed by atoms with Crippen molar-refractivity contribution >= 4 is 0 Å². The van der Waals surface area contributed by atoms with Crippen molar-refractivity contribution in [3.63, 3.8) is 0 Å². The number of hydrogen-bond donors (Lipinski definition) is 2. The molecule has 0 bridgehead atoms. The normalized spacial score (nSPS) is 27.9. The van der Waals surface area contributed by atoms with Crippen molar-refractivity contribution in [2.45, 2.75) is 12.6 Å². The van der Waals surface area contributed by atoms with E-state index < -0.39 is 0 Å². The van der Waals surface area contributed by atoms with Gasteiger partial charge in [-0.15, -0.1) is 0 Å². The second-order valence-corrected chi connectivity index (χ2v) is 1.36. The molecule has 7 heavy (non-hydrogen) atoms. The van der Waals surface area contributed by atoms with Gasteiger partial charge in [-0.25, -0.2) is 0 Å². The number of rotatable bonds is 1. The molecule has 1 heterocycles. The van der Waals surface area contributed by atoms with Gasteiger partial charge in [0.05, 0.1) is 6.26 Å². The maximum atomic E-state index is 8.15. The molecule has 0 aromatic heterocycles. The summed E-state index contributed by atoms with van der Waals surface area (Å²) in [7, 11) is 0. The first-order valence-electron chi connectivity index (χ1n) is 2.13. The third kappa shape index (κ3) is 0.913. The Kier molecular flexibility index (Phi) is 1.29. The maximum Gasteiger partial charge on any atom is 0.173 e. The predicted octanol–water partition coefficient (Wildman–Crippen LogP) is 0.225. The molecule has 3 heteroatoms. The molecule has 0 spiro atoms. The molecular formula is C4H7NO2. The van der Waals surface area contributed by atoms with Gasteiger partial charge in [-0.1, -0.05) is 0 Å². The van der Waals surface area contributed by atoms with E-state index in [0.29, 0.717) is 0 Å². The van der Waals surface area contributed by atoms with Crippen LogP contribution < -0.4 is 5.48 Å². The fourth-order valence-corrected chi connectivity index (χ4v) is 0.468. The van der Waals surface area contributed by atoms with Gasteiger partial charge in [0, 0.05) is 6.42 Å². The second-order valence-electron chi connectivity index (χ2n) is 1.36. The van der Waals surface area contributed by atoms with Crippen LogP contribution in [0.2, 0.25) is 0 Å². The highest BCUT2D eigenvalue weighted by molar-refractivity contribution is 4.83. The molecule has 40 valence electrons. The van der Waals surface area contributed by atoms with E-state index >= 15 is 0 Å². The second kappa shape index (κ2) is 1.95. The van der Waals surface area contributed by atoms with Gasteiger partial charge in [-0.05, 0) is 6.08 Å². The summed E-state index contributed by atoms with van der Waals surface area (Å²) in [6, 6.07) is 0. The number of hydrogen-bond acceptors (Lipinski definition) is 3. The van der Waals surface area contributed by atoms with E-state index in [9.17, 15) is 0 Å². The van der Waals surface area contributed by atoms with Crippen molar-refractivity contribution in [2.75, 3.05) is 0 Å². The lowest BCUT2D eigenvalue weighted by Crippen LogP contribution is -2.23. The first kappa shape index (κ1) is 4.61. The average Bonchev–Trinajstić information content (AvgIpc) is 2.14. The largest absolute Gasteiger partial charge is 0.481 e. The number of ether oxygens (including phenoxy) is 1. The van der Waals surface area contributed by atoms with Gasteiger partial charge in [0.25, 0.3) is 0 Å². The SMILES string of the molecule is ONC1CC=CO1. The zero-order chi connectivity index (χ0) is 5.11. The molecule has 3 nitrogen and oxygen atoms in total. The van der Waals surface area contributed by atoms with Gasteiger partial charge in [-0.2, -0.15) is 5.48 Å². The Morgan fingerprint density at radius 2 is 2.71 bits per heavy atom. The van der Waals surface area contributed by atoms with Crippen molar-refractivity contribution in [3.8, 4) is 0 Å². The quantitative estimate of drug-likeness (QED) is 0.464. The lowest BCUT2D eigenvalue weighted by Gasteiger charge is -2.04. The molecule has 1 unspecified atom stereocenters. The van der Waals surface area contributed by atoms with Crippen LogP contribution >= 0.6 is 0 Å². The summed E-state index contributed by atoms with van der Waals surface area (Å²) in [5.41, 5.74) is 1.98. The van der Waals surface area contributed by atoms with Crippen LogP contribution in [-0.4, -0.2) is 11.4 Å². The van der Waals surface area contributed by atoms with Crippen LogP contribution in [0.5, 0.6) is 0 Å². The van der Waals surface area contributed by atoms with Crippen LogP contribution in [0.1, 0.15) is 6.42 Å². The number of nitrogens with one attached hydrogen (secondary N) is 1. The first-order valence-corrected chi connectivity index (χ1v) is 2.13. The van der Waals surface area contributed by atoms with Crippen molar-refractivity contribution in [2.24, 2.45) is 0 Å². The molecule has 1 aliphatic rings. The standard InChI is InChI=1S/C4H7NO2/c6-5-4-2-1-3-7-4/h1,3-6H,2H2. The lowest BCUT2D eigenvalue weighted by atomic mass is 10.4. The van der Waals surface area contributed by atoms with Crippen molar-refractivity contribution in [1.29, 1.82) is 0 Å². The minimum absolute atomic E-state index is 0.208. The molecule has 0 fully saturated rings. The van der Waals surface area contributed by atoms with Crippen LogP contribution in [0.15, 0.2) is 12.3 Å². The van der Waals surface area contributed by atoms with E-state index in [4.69, 9.17) is 9.94 Å². The fourth-order valence-electron chi connectivity index (χ4n) is 0.468. The average molecular weight is 101 g/mol. The summed E-state index contributed by atoms with van der Waals surface area (Å²) < 4.78 is 4.76. The summed E-state index contributed by atoms with van der Waals surface area (Å²) in [4.78, 5) is 0. The summed E-state index contributed by atoms with van der Waals surface area (Å²) >= 11 is 0. The smallest absolute Gasteiger partial charge is 0.173 e. The van der Waals surface area contributed by atoms with Gasteiger partial charge in [0.1, 0.15) is 0 Å². The van der Waals surface area contributed by atoms with Crippen LogP contribution in [0, 0.1) is 0 Å². The molecule has 0 aliphatic carbocycles. The third-order valence-corrected chi connectivity index (χ3v) is 0.833. The Morgan fingerprint density at radius 3 is 3.00 bits per heavy atom. The zero-order valence-corrected chi connectivity index (χ0v) is 3.79. The Morgan fingerprint density at radius 1 is 1.86 bits per heavy atom. The molecule has 0 saturated heterocycles. The van der Waals surface area contributed by atoms with Crippen LogP contribution in [-0.2, 0) is 4.74 Å². The highest BCUT2D eigenvalue weighted by Gasteiger charge is 2.06. The zero-order valence-electron chi connectivity index (χ0n) is 3.79. The van der Waals surface area contributed by atoms with E-state index in [2.05, 4.69) is 0 Å². The Bertz CT molecular complexity index is 73.8. The van der Waals surface area contributed by atoms with E-state index in [1.165, 1.54) is 0 Å². The summed E-state index contributed by atoms with van der Waals surface area (Å²) in [5, 5.41) is 8.15. The Hall–Kier alpha value is -0.540. The van der Waals surface area contributed by atoms with E-state index in [-0.39, 0.29) is 6.23 Å². The summed E-state index contributed by atoms with van der Waals surface area (Å²) in [6.45, 7) is 0. The van der Waals surface area contributed by atoms with Crippen molar-refractivity contribution in [1.82, 2.24) is 5.48 Å². The monoisotopic (exact) mass is 101 g/mol. The molecule has 2 N–H and O–H groups in total. The third-order valence-electron chi connectivity index (χ3n) is 0.833. The van der Waals surface area contributed by atoms with Crippen LogP contribution in [0.25, 0.3) is 0 Å². The van der Waals surface area contributed by atoms with E-state index in [1.54, 1.807) is 6.26 Å². The molecule has 0 saturated carbocycles. The first-order chi connectivity index (χ1) is 3.43. The topological polar surface area (TPSA) is 41.5 Å². The maximum absolute atomic E-state index is 8.15. The minimum Gasteiger partial charge on any atom is -0.481 e. The molecule has 0 radical (unpaired) electrons. The molecule has 0 amide bonds. The highest BCUT2D eigenvalue weighted by Crippen LogP contribution is 2.03. The molecule has 0 aromatic rings. The van der Waals surface area contributed by atoms with Crippen molar-refractivity contribution < 1.29 is 9.94 Å². The minimum atomic E-state index is -0.208. The van der Waals surface area contributed by atoms with Gasteiger partial charge < -0.3 is 9.94 Å². The van der Waals surface area contributed by atoms with E-state index in [0.717, 1.165) is 6.42 Å². The molecule has 1 aliphatic heterocycles. The van der Waals surface area contributed by atoms with Gasteiger partial charge in [0.15, 0.2) is 6.23 Å². The molecular weight excluding hydrogens is 94.0 g/mol. The Labute approximate surface area is 41.6 Å². The van der Waals surface area contributed by atoms with E-state index in [1.807, 2.05) is 11.6 Å². The predicted molar refractivity (Wildman–Crippen MR) is 23.6 cm³/mol. The number of hydroxylamine groups is 1. The van der Waals surface area contributed by atoms with Gasteiger partial charge in [-0.3, -0.25) is 0 Å². The highest BCUT2D eigenvalue weighted by atomic mass is 16.6. The summed E-state index contributed by atoms with van der Waals surface area (Å²) in [5.74, 6) is 0. The molecule has 0 aromatic carbocycles. The van der Waals surface area contributed by atoms with Gasteiger partial charge in [0.2, 0.25) is 0 Å². The van der Waals surface area contributed by atoms with Crippen molar-refractivity contribution in [3.05, 3.63) is 12.3 Å². The molecule has 1 atom stereocenters. The molecule has 1 rings (SSSR count). The lowest BCUT2D eigenvalue weighted by molar-refractivity contribution is 0.00632.